The summed E-state index contributed by atoms with van der Waals surface area (Å²) in [6.07, 6.45) is 2.58. The van der Waals surface area contributed by atoms with Crippen molar-refractivity contribution in [1.29, 1.82) is 0 Å². The fourth-order valence-corrected chi connectivity index (χ4v) is 2.71. The number of hydrogen-bond donors (Lipinski definition) is 2. The number of carbonyl (C=O) groups is 1. The maximum Gasteiger partial charge on any atom is 0.269 e. The summed E-state index contributed by atoms with van der Waals surface area (Å²) in [5, 5.41) is 2.96. The molecule has 2 atom stereocenters. The minimum Gasteiger partial charge on any atom is -0.373 e. The third kappa shape index (κ3) is 3.13. The van der Waals surface area contributed by atoms with E-state index in [1.54, 1.807) is 6.20 Å². The summed E-state index contributed by atoms with van der Waals surface area (Å²) in [4.78, 5) is 19.0. The lowest BCUT2D eigenvalue weighted by molar-refractivity contribution is 0.0844. The molecule has 0 bridgehead atoms. The average molecular weight is 285 g/mol. The van der Waals surface area contributed by atoms with E-state index in [4.69, 9.17) is 4.74 Å². The Bertz CT molecular complexity index is 609. The smallest absolute Gasteiger partial charge is 0.269 e. The van der Waals surface area contributed by atoms with Crippen molar-refractivity contribution in [2.75, 3.05) is 13.2 Å². The van der Waals surface area contributed by atoms with Crippen molar-refractivity contribution < 1.29 is 9.53 Å². The zero-order valence-corrected chi connectivity index (χ0v) is 12.0. The number of H-pyrrole nitrogens is 1. The van der Waals surface area contributed by atoms with Gasteiger partial charge in [0.1, 0.15) is 11.5 Å². The Kier molecular flexibility index (Phi) is 4.01. The second-order valence-corrected chi connectivity index (χ2v) is 5.34. The number of aromatic nitrogens is 2. The van der Waals surface area contributed by atoms with Gasteiger partial charge in [0.05, 0.1) is 12.3 Å². The van der Waals surface area contributed by atoms with Gasteiger partial charge in [-0.15, -0.1) is 0 Å². The van der Waals surface area contributed by atoms with Crippen molar-refractivity contribution in [3.63, 3.8) is 0 Å². The van der Waals surface area contributed by atoms with E-state index >= 15 is 0 Å². The van der Waals surface area contributed by atoms with Crippen molar-refractivity contribution in [3.05, 3.63) is 53.6 Å². The molecular weight excluding hydrogens is 266 g/mol. The molecule has 1 amide bonds. The van der Waals surface area contributed by atoms with Gasteiger partial charge in [-0.1, -0.05) is 30.3 Å². The molecule has 21 heavy (non-hydrogen) atoms. The van der Waals surface area contributed by atoms with Crippen LogP contribution in [0.5, 0.6) is 0 Å². The van der Waals surface area contributed by atoms with E-state index in [0.29, 0.717) is 18.2 Å². The van der Waals surface area contributed by atoms with Crippen LogP contribution in [0.25, 0.3) is 0 Å². The number of carbonyl (C=O) groups excluding carboxylic acids is 1. The Labute approximate surface area is 123 Å². The standard InChI is InChI=1S/C16H19N3O2/c1-11-17-10-14(19-11)16(20)18-9-13-7-8-21-15(13)12-5-3-2-4-6-12/h2-6,10,13,15H,7-9H2,1H3,(H,17,19)(H,18,20)/t13-,15-/m0/s1. The van der Waals surface area contributed by atoms with Gasteiger partial charge in [-0.05, 0) is 18.9 Å². The molecule has 1 saturated heterocycles. The maximum absolute atomic E-state index is 12.0. The predicted molar refractivity (Wildman–Crippen MR) is 78.9 cm³/mol. The Morgan fingerprint density at radius 3 is 2.95 bits per heavy atom. The number of nitrogens with one attached hydrogen (secondary N) is 2. The van der Waals surface area contributed by atoms with Gasteiger partial charge < -0.3 is 15.0 Å². The largest absolute Gasteiger partial charge is 0.373 e. The van der Waals surface area contributed by atoms with Crippen LogP contribution in [0.4, 0.5) is 0 Å². The molecule has 0 unspecified atom stereocenters. The summed E-state index contributed by atoms with van der Waals surface area (Å²) in [7, 11) is 0. The van der Waals surface area contributed by atoms with Gasteiger partial charge in [-0.25, -0.2) is 4.98 Å². The third-order valence-electron chi connectivity index (χ3n) is 3.81. The molecule has 2 N–H and O–H groups in total. The number of benzene rings is 1. The van der Waals surface area contributed by atoms with Crippen LogP contribution in [-0.2, 0) is 4.74 Å². The van der Waals surface area contributed by atoms with E-state index in [1.807, 2.05) is 25.1 Å². The van der Waals surface area contributed by atoms with E-state index in [2.05, 4.69) is 27.4 Å². The van der Waals surface area contributed by atoms with E-state index < -0.39 is 0 Å². The maximum atomic E-state index is 12.0. The van der Waals surface area contributed by atoms with Gasteiger partial charge in [-0.2, -0.15) is 0 Å². The van der Waals surface area contributed by atoms with Crippen LogP contribution >= 0.6 is 0 Å². The van der Waals surface area contributed by atoms with Gasteiger partial charge in [0.25, 0.3) is 5.91 Å². The second-order valence-electron chi connectivity index (χ2n) is 5.34. The fourth-order valence-electron chi connectivity index (χ4n) is 2.71. The SMILES string of the molecule is Cc1ncc(C(=O)NC[C@@H]2CCO[C@H]2c2ccccc2)[nH]1. The van der Waals surface area contributed by atoms with Crippen molar-refractivity contribution in [2.24, 2.45) is 5.92 Å². The number of imidazole rings is 1. The molecule has 0 spiro atoms. The lowest BCUT2D eigenvalue weighted by Gasteiger charge is -2.19. The van der Waals surface area contributed by atoms with Crippen LogP contribution < -0.4 is 5.32 Å². The molecule has 1 aromatic carbocycles. The third-order valence-corrected chi connectivity index (χ3v) is 3.81. The van der Waals surface area contributed by atoms with Crippen LogP contribution in [0.1, 0.15) is 34.4 Å². The molecule has 1 fully saturated rings. The Hall–Kier alpha value is -2.14. The first-order chi connectivity index (χ1) is 10.2. The van der Waals surface area contributed by atoms with E-state index in [0.717, 1.165) is 18.9 Å². The zero-order valence-electron chi connectivity index (χ0n) is 12.0. The monoisotopic (exact) mass is 285 g/mol. The molecule has 0 saturated carbocycles. The van der Waals surface area contributed by atoms with Gasteiger partial charge >= 0.3 is 0 Å². The van der Waals surface area contributed by atoms with Crippen LogP contribution in [-0.4, -0.2) is 29.0 Å². The molecule has 3 rings (SSSR count). The molecule has 0 radical (unpaired) electrons. The number of nitrogens with zero attached hydrogens (tertiary/aromatic N) is 1. The Morgan fingerprint density at radius 1 is 1.43 bits per heavy atom. The highest BCUT2D eigenvalue weighted by atomic mass is 16.5. The molecule has 2 heterocycles. The van der Waals surface area contributed by atoms with Gasteiger partial charge in [0.2, 0.25) is 0 Å². The van der Waals surface area contributed by atoms with Gasteiger partial charge in [0, 0.05) is 19.1 Å². The summed E-state index contributed by atoms with van der Waals surface area (Å²) < 4.78 is 5.82. The molecule has 1 aliphatic rings. The van der Waals surface area contributed by atoms with Crippen molar-refractivity contribution in [2.45, 2.75) is 19.4 Å². The molecule has 0 aliphatic carbocycles. The van der Waals surface area contributed by atoms with Crippen molar-refractivity contribution in [1.82, 2.24) is 15.3 Å². The first-order valence-corrected chi connectivity index (χ1v) is 7.20. The van der Waals surface area contributed by atoms with Crippen LogP contribution in [0, 0.1) is 12.8 Å². The topological polar surface area (TPSA) is 67.0 Å². The molecule has 2 aromatic rings. The predicted octanol–water partition coefficient (Wildman–Crippen LogP) is 2.23. The first kappa shape index (κ1) is 13.8. The summed E-state index contributed by atoms with van der Waals surface area (Å²) in [5.74, 6) is 0.932. The van der Waals surface area contributed by atoms with E-state index in [-0.39, 0.29) is 12.0 Å². The van der Waals surface area contributed by atoms with Gasteiger partial charge in [0.15, 0.2) is 0 Å². The molecule has 5 nitrogen and oxygen atoms in total. The lowest BCUT2D eigenvalue weighted by Crippen LogP contribution is -2.30. The number of aryl methyl sites for hydroxylation is 1. The summed E-state index contributed by atoms with van der Waals surface area (Å²) >= 11 is 0. The molecule has 1 aromatic heterocycles. The quantitative estimate of drug-likeness (QED) is 0.905. The molecule has 1 aliphatic heterocycles. The summed E-state index contributed by atoms with van der Waals surface area (Å²) in [5.41, 5.74) is 1.68. The molecule has 5 heteroatoms. The van der Waals surface area contributed by atoms with Crippen LogP contribution in [0.2, 0.25) is 0 Å². The Morgan fingerprint density at radius 2 is 2.24 bits per heavy atom. The minimum atomic E-state index is -0.116. The second kappa shape index (κ2) is 6.10. The van der Waals surface area contributed by atoms with Crippen LogP contribution in [0.15, 0.2) is 36.5 Å². The highest BCUT2D eigenvalue weighted by molar-refractivity contribution is 5.92. The fraction of sp³-hybridized carbons (Fsp3) is 0.375. The van der Waals surface area contributed by atoms with E-state index in [9.17, 15) is 4.79 Å². The normalized spacial score (nSPS) is 21.4. The number of amides is 1. The first-order valence-electron chi connectivity index (χ1n) is 7.20. The molecule has 110 valence electrons. The number of ether oxygens (including phenoxy) is 1. The van der Waals surface area contributed by atoms with Crippen LogP contribution in [0.3, 0.4) is 0 Å². The minimum absolute atomic E-state index is 0.0648. The lowest BCUT2D eigenvalue weighted by atomic mass is 9.95. The summed E-state index contributed by atoms with van der Waals surface area (Å²) in [6, 6.07) is 10.2. The van der Waals surface area contributed by atoms with Crippen molar-refractivity contribution >= 4 is 5.91 Å². The number of hydrogen-bond acceptors (Lipinski definition) is 3. The molecular formula is C16H19N3O2. The number of rotatable bonds is 4. The highest BCUT2D eigenvalue weighted by Gasteiger charge is 2.29. The number of aromatic amines is 1. The van der Waals surface area contributed by atoms with E-state index in [1.165, 1.54) is 5.56 Å². The van der Waals surface area contributed by atoms with Gasteiger partial charge in [-0.3, -0.25) is 4.79 Å². The average Bonchev–Trinajstić information content (AvgIpc) is 3.14. The Balaban J connectivity index is 1.61. The summed E-state index contributed by atoms with van der Waals surface area (Å²) in [6.45, 7) is 3.17. The highest BCUT2D eigenvalue weighted by Crippen LogP contribution is 2.33. The van der Waals surface area contributed by atoms with Crippen molar-refractivity contribution in [3.8, 4) is 0 Å². The zero-order chi connectivity index (χ0) is 14.7.